The highest BCUT2D eigenvalue weighted by Crippen LogP contribution is 2.45. The zero-order valence-corrected chi connectivity index (χ0v) is 27.3. The van der Waals surface area contributed by atoms with Gasteiger partial charge in [-0.05, 0) is 56.9 Å². The second-order valence-electron chi connectivity index (χ2n) is 14.5. The second-order valence-corrected chi connectivity index (χ2v) is 15.0. The topological polar surface area (TPSA) is 110 Å². The fourth-order valence-electron chi connectivity index (χ4n) is 9.38. The molecule has 7 rings (SSSR count). The third-order valence-corrected chi connectivity index (χ3v) is 12.0. The Morgan fingerprint density at radius 2 is 1.87 bits per heavy atom. The van der Waals surface area contributed by atoms with Crippen molar-refractivity contribution >= 4 is 23.5 Å². The second kappa shape index (κ2) is 13.2. The number of urea groups is 1. The van der Waals surface area contributed by atoms with Gasteiger partial charge in [-0.25, -0.2) is 9.18 Å². The lowest BCUT2D eigenvalue weighted by molar-refractivity contribution is -0.132. The van der Waals surface area contributed by atoms with Crippen LogP contribution in [0.25, 0.3) is 0 Å². The lowest BCUT2D eigenvalue weighted by Gasteiger charge is -2.59. The Morgan fingerprint density at radius 1 is 1.07 bits per heavy atom. The molecule has 5 aliphatic heterocycles. The Labute approximate surface area is 271 Å². The van der Waals surface area contributed by atoms with Gasteiger partial charge in [0, 0.05) is 74.4 Å². The molecule has 5 heterocycles. The number of hydrogen-bond donors (Lipinski definition) is 4. The first-order chi connectivity index (χ1) is 21.8. The summed E-state index contributed by atoms with van der Waals surface area (Å²) in [5, 5.41) is 14.0. The highest BCUT2D eigenvalue weighted by Gasteiger charge is 2.60. The van der Waals surface area contributed by atoms with Gasteiger partial charge in [-0.3, -0.25) is 25.6 Å². The number of carbonyl (C=O) groups excluding carboxylic acids is 2. The zero-order valence-electron chi connectivity index (χ0n) is 26.6. The first-order valence-electron chi connectivity index (χ1n) is 17.3. The summed E-state index contributed by atoms with van der Waals surface area (Å²) >= 11 is 7.30. The Bertz CT molecular complexity index is 1120. The van der Waals surface area contributed by atoms with E-state index in [4.69, 9.17) is 21.1 Å². The predicted octanol–water partition coefficient (Wildman–Crippen LogP) is 1.92. The van der Waals surface area contributed by atoms with Crippen molar-refractivity contribution in [1.82, 2.24) is 36.0 Å². The average Bonchev–Trinajstić information content (AvgIpc) is 3.83. The minimum Gasteiger partial charge on any atom is -0.378 e. The maximum absolute atomic E-state index is 16.0. The van der Waals surface area contributed by atoms with Crippen molar-refractivity contribution in [2.45, 2.75) is 125 Å². The number of halogens is 2. The minimum atomic E-state index is -1.02. The van der Waals surface area contributed by atoms with Crippen molar-refractivity contribution in [2.24, 2.45) is 17.8 Å². The molecule has 0 aromatic heterocycles. The summed E-state index contributed by atoms with van der Waals surface area (Å²) in [4.78, 5) is 33.3. The van der Waals surface area contributed by atoms with E-state index in [1.54, 1.807) is 0 Å². The van der Waals surface area contributed by atoms with E-state index in [2.05, 4.69) is 46.6 Å². The molecule has 2 saturated carbocycles. The van der Waals surface area contributed by atoms with Crippen molar-refractivity contribution < 1.29 is 23.5 Å². The van der Waals surface area contributed by atoms with E-state index in [1.165, 1.54) is 6.08 Å². The molecule has 11 nitrogen and oxygen atoms in total. The van der Waals surface area contributed by atoms with Gasteiger partial charge in [0.15, 0.2) is 0 Å². The quantitative estimate of drug-likeness (QED) is 0.271. The molecule has 7 aliphatic rings. The van der Waals surface area contributed by atoms with Crippen LogP contribution in [0, 0.1) is 17.8 Å². The van der Waals surface area contributed by atoms with Crippen LogP contribution in [0.2, 0.25) is 0 Å². The van der Waals surface area contributed by atoms with Crippen molar-refractivity contribution in [3.63, 3.8) is 0 Å². The average molecular weight is 652 g/mol. The lowest BCUT2D eigenvalue weighted by atomic mass is 9.74. The Morgan fingerprint density at radius 3 is 2.64 bits per heavy atom. The third-order valence-electron chi connectivity index (χ3n) is 11.6. The van der Waals surface area contributed by atoms with Crippen molar-refractivity contribution in [1.29, 1.82) is 0 Å². The van der Waals surface area contributed by atoms with Crippen LogP contribution in [0.5, 0.6) is 0 Å². The molecular weight excluding hydrogens is 601 g/mol. The van der Waals surface area contributed by atoms with Gasteiger partial charge in [0.2, 0.25) is 5.91 Å². The largest absolute Gasteiger partial charge is 0.378 e. The summed E-state index contributed by atoms with van der Waals surface area (Å²) in [5.41, 5.74) is 0. The van der Waals surface area contributed by atoms with Gasteiger partial charge < -0.3 is 24.6 Å². The Hall–Kier alpha value is -1.54. The molecule has 0 aromatic rings. The van der Waals surface area contributed by atoms with E-state index in [9.17, 15) is 9.59 Å². The minimum absolute atomic E-state index is 0.0120. The summed E-state index contributed by atoms with van der Waals surface area (Å²) in [6, 6.07) is -0.512. The highest BCUT2D eigenvalue weighted by atomic mass is 35.5. The van der Waals surface area contributed by atoms with Gasteiger partial charge in [-0.1, -0.05) is 20.4 Å². The van der Waals surface area contributed by atoms with E-state index in [1.807, 2.05) is 9.80 Å². The van der Waals surface area contributed by atoms with Crippen molar-refractivity contribution in [3.05, 3.63) is 12.7 Å². The summed E-state index contributed by atoms with van der Waals surface area (Å²) in [7, 11) is 0. The molecule has 252 valence electrons. The van der Waals surface area contributed by atoms with Crippen LogP contribution >= 0.6 is 11.6 Å². The van der Waals surface area contributed by atoms with Crippen LogP contribution in [0.1, 0.15) is 58.8 Å². The molecule has 3 amide bonds. The van der Waals surface area contributed by atoms with Gasteiger partial charge in [0.25, 0.3) is 0 Å². The number of fused-ring (bicyclic) bond motifs is 6. The van der Waals surface area contributed by atoms with E-state index in [0.29, 0.717) is 45.8 Å². The van der Waals surface area contributed by atoms with Gasteiger partial charge in [0.1, 0.15) is 12.4 Å². The van der Waals surface area contributed by atoms with Crippen LogP contribution in [0.15, 0.2) is 12.7 Å². The van der Waals surface area contributed by atoms with Crippen LogP contribution in [-0.2, 0) is 14.3 Å². The molecule has 4 N–H and O–H groups in total. The van der Waals surface area contributed by atoms with E-state index in [0.717, 1.165) is 32.1 Å². The van der Waals surface area contributed by atoms with Crippen molar-refractivity contribution in [2.75, 3.05) is 33.0 Å². The number of ether oxygens (including phenoxy) is 2. The monoisotopic (exact) mass is 651 g/mol. The van der Waals surface area contributed by atoms with Crippen LogP contribution in [0.3, 0.4) is 0 Å². The van der Waals surface area contributed by atoms with Crippen LogP contribution < -0.4 is 21.3 Å². The summed E-state index contributed by atoms with van der Waals surface area (Å²) < 4.78 is 28.8. The van der Waals surface area contributed by atoms with Gasteiger partial charge >= 0.3 is 6.03 Å². The molecule has 11 unspecified atom stereocenters. The molecule has 5 saturated heterocycles. The first kappa shape index (κ1) is 32.0. The molecule has 2 bridgehead atoms. The number of alkyl halides is 2. The molecule has 0 spiro atoms. The molecule has 13 atom stereocenters. The van der Waals surface area contributed by atoms with E-state index < -0.39 is 6.17 Å². The number of carbonyl (C=O) groups is 2. The standard InChI is InChI=1S/C32H51ClFN7O4/c1-4-24(42)39-10-11-40(22-15-21(22)39)29-18-14-19(33)27-25-20(34)8-7-9-23(25)44-12-5-6-13-45-31-28(26(17(2)3)35-16-36-31)41(30(18)37-27)32(43)38-29/h4,17-23,25-31,35-37H,1,5-16H2,2-3H3,(H,38,43)/t18?,19?,20?,21-,22+,23?,25?,26?,27?,28?,29?,30?,31?/m0/s1. The summed E-state index contributed by atoms with van der Waals surface area (Å²) in [5.74, 6) is -0.246. The normalized spacial score (nSPS) is 45.8. The Balaban J connectivity index is 1.25. The zero-order chi connectivity index (χ0) is 31.4. The first-order valence-corrected chi connectivity index (χ1v) is 17.7. The fourth-order valence-corrected chi connectivity index (χ4v) is 9.83. The molecule has 13 heteroatoms. The van der Waals surface area contributed by atoms with E-state index >= 15 is 4.39 Å². The lowest BCUT2D eigenvalue weighted by Crippen LogP contribution is -2.81. The van der Waals surface area contributed by atoms with Gasteiger partial charge in [-0.2, -0.15) is 0 Å². The van der Waals surface area contributed by atoms with Crippen LogP contribution in [-0.4, -0.2) is 126 Å². The number of piperidine rings is 1. The fraction of sp³-hybridized carbons (Fsp3) is 0.875. The number of hydrogen-bond acceptors (Lipinski definition) is 8. The summed E-state index contributed by atoms with van der Waals surface area (Å²) in [6.07, 6.45) is 4.41. The molecule has 2 aliphatic carbocycles. The molecule has 45 heavy (non-hydrogen) atoms. The predicted molar refractivity (Wildman–Crippen MR) is 168 cm³/mol. The number of rotatable bonds is 3. The maximum Gasteiger partial charge on any atom is 0.320 e. The van der Waals surface area contributed by atoms with Crippen molar-refractivity contribution in [3.8, 4) is 0 Å². The smallest absolute Gasteiger partial charge is 0.320 e. The number of nitrogens with one attached hydrogen (secondary N) is 4. The molecule has 0 aromatic carbocycles. The molecule has 0 radical (unpaired) electrons. The number of nitrogens with zero attached hydrogens (tertiary/aromatic N) is 3. The molecule has 7 fully saturated rings. The van der Waals surface area contributed by atoms with Gasteiger partial charge in [0.05, 0.1) is 24.5 Å². The third kappa shape index (κ3) is 5.91. The number of amides is 3. The Kier molecular flexibility index (Phi) is 9.37. The van der Waals surface area contributed by atoms with Gasteiger partial charge in [-0.15, -0.1) is 11.6 Å². The highest BCUT2D eigenvalue weighted by molar-refractivity contribution is 6.21. The SMILES string of the molecule is C=CC(=O)N1CCN(C2NC(=O)N3C4NC(C(Cl)CC42)C2C(F)CCCC2OCCCCOC2NCNC(C(C)C)C23)[C@@H]2C[C@@H]21. The molecular formula is C32H51ClFN7O4. The summed E-state index contributed by atoms with van der Waals surface area (Å²) in [6.45, 7) is 11.0. The maximum atomic E-state index is 16.0. The van der Waals surface area contributed by atoms with E-state index in [-0.39, 0.29) is 89.9 Å². The number of piperazine rings is 1. The van der Waals surface area contributed by atoms with Crippen LogP contribution in [0.4, 0.5) is 9.18 Å².